The van der Waals surface area contributed by atoms with Crippen LogP contribution in [0.5, 0.6) is 0 Å². The number of rotatable bonds is 3. The Bertz CT molecular complexity index is 1080. The lowest BCUT2D eigenvalue weighted by Gasteiger charge is -2.21. The van der Waals surface area contributed by atoms with Crippen LogP contribution in [0.4, 0.5) is 14.9 Å². The van der Waals surface area contributed by atoms with E-state index in [1.165, 1.54) is 16.6 Å². The summed E-state index contributed by atoms with van der Waals surface area (Å²) in [6.07, 6.45) is 1.04. The van der Waals surface area contributed by atoms with Crippen LogP contribution in [0.3, 0.4) is 0 Å². The zero-order chi connectivity index (χ0) is 20.5. The summed E-state index contributed by atoms with van der Waals surface area (Å²) in [5.74, 6) is -0.242. The maximum absolute atomic E-state index is 13.5. The van der Waals surface area contributed by atoms with E-state index in [1.807, 2.05) is 0 Å². The van der Waals surface area contributed by atoms with Crippen molar-refractivity contribution in [3.63, 3.8) is 0 Å². The lowest BCUT2D eigenvalue weighted by Crippen LogP contribution is -2.34. The van der Waals surface area contributed by atoms with Crippen LogP contribution in [0.25, 0.3) is 5.52 Å². The van der Waals surface area contributed by atoms with Gasteiger partial charge in [-0.2, -0.15) is 0 Å². The minimum atomic E-state index is -0.635. The fourth-order valence-corrected chi connectivity index (χ4v) is 2.64. The van der Waals surface area contributed by atoms with Crippen LogP contribution < -0.4 is 10.9 Å². The molecule has 7 nitrogen and oxygen atoms in total. The number of alkyl carbamates (subject to hydrolysis) is 1. The van der Waals surface area contributed by atoms with Crippen LogP contribution in [0, 0.1) is 5.82 Å². The van der Waals surface area contributed by atoms with Crippen molar-refractivity contribution in [2.24, 2.45) is 4.99 Å². The van der Waals surface area contributed by atoms with Crippen molar-refractivity contribution < 1.29 is 18.3 Å². The second-order valence-electron chi connectivity index (χ2n) is 7.16. The molecule has 1 amide bonds. The van der Waals surface area contributed by atoms with Gasteiger partial charge in [0, 0.05) is 6.20 Å². The van der Waals surface area contributed by atoms with E-state index in [0.29, 0.717) is 16.2 Å². The monoisotopic (exact) mass is 406 g/mol. The Balaban J connectivity index is 2.02. The summed E-state index contributed by atoms with van der Waals surface area (Å²) in [7, 11) is 0. The van der Waals surface area contributed by atoms with Crippen molar-refractivity contribution in [2.75, 3.05) is 0 Å². The Labute approximate surface area is 165 Å². The summed E-state index contributed by atoms with van der Waals surface area (Å²) < 4.78 is 26.0. The Morgan fingerprint density at radius 3 is 2.82 bits per heavy atom. The van der Waals surface area contributed by atoms with Crippen LogP contribution in [0.2, 0.25) is 5.02 Å². The van der Waals surface area contributed by atoms with Crippen LogP contribution in [-0.2, 0) is 4.74 Å². The van der Waals surface area contributed by atoms with Crippen molar-refractivity contribution in [3.8, 4) is 0 Å². The molecule has 1 aromatic carbocycles. The normalized spacial score (nSPS) is 13.6. The number of fused-ring (bicyclic) bond motifs is 1. The highest BCUT2D eigenvalue weighted by Gasteiger charge is 2.21. The first kappa shape index (κ1) is 19.9. The molecule has 0 saturated heterocycles. The van der Waals surface area contributed by atoms with Crippen molar-refractivity contribution in [3.05, 3.63) is 58.8 Å². The summed E-state index contributed by atoms with van der Waals surface area (Å²) in [5.41, 5.74) is 0.292. The molecule has 1 N–H and O–H groups in total. The molecule has 1 atom stereocenters. The van der Waals surface area contributed by atoms with E-state index >= 15 is 0 Å². The molecule has 28 heavy (non-hydrogen) atoms. The number of aromatic nitrogens is 2. The fraction of sp³-hybridized carbons (Fsp3) is 0.316. The highest BCUT2D eigenvalue weighted by Crippen LogP contribution is 2.19. The van der Waals surface area contributed by atoms with Gasteiger partial charge in [0.1, 0.15) is 23.0 Å². The quantitative estimate of drug-likeness (QED) is 0.692. The zero-order valence-corrected chi connectivity index (χ0v) is 16.6. The lowest BCUT2D eigenvalue weighted by atomic mass is 10.2. The van der Waals surface area contributed by atoms with Gasteiger partial charge in [-0.3, -0.25) is 0 Å². The largest absolute Gasteiger partial charge is 0.444 e. The van der Waals surface area contributed by atoms with Gasteiger partial charge < -0.3 is 14.5 Å². The van der Waals surface area contributed by atoms with Gasteiger partial charge in [-0.05, 0) is 52.0 Å². The molecule has 3 aromatic rings. The van der Waals surface area contributed by atoms with Crippen molar-refractivity contribution in [1.29, 1.82) is 0 Å². The summed E-state index contributed by atoms with van der Waals surface area (Å²) in [4.78, 5) is 16.4. The summed E-state index contributed by atoms with van der Waals surface area (Å²) in [5, 5.41) is 7.37. The number of carbonyl (C=O) groups excluding carboxylic acids is 1. The standard InChI is InChI=1S/C19H20ClFN4O3/c1-11(22-18(26)28-19(2,3)4)16-24-25-9-8-14(20)15(25)17(27-16)23-13-7-5-6-12(21)10-13/h5-11H,1-4H3,(H,22,26). The number of ether oxygens (including phenoxy) is 1. The SMILES string of the molecule is CC(NC(=O)OC(C)(C)C)c1nn2ccc(Cl)c2c(=Nc2cccc(F)c2)o1. The van der Waals surface area contributed by atoms with E-state index < -0.39 is 23.6 Å². The van der Waals surface area contributed by atoms with Gasteiger partial charge in [-0.1, -0.05) is 17.7 Å². The second kappa shape index (κ2) is 7.63. The molecule has 2 aromatic heterocycles. The number of benzene rings is 1. The van der Waals surface area contributed by atoms with E-state index in [1.54, 1.807) is 52.1 Å². The molecular formula is C19H20ClFN4O3. The lowest BCUT2D eigenvalue weighted by molar-refractivity contribution is 0.0499. The Kier molecular flexibility index (Phi) is 5.42. The molecule has 0 aliphatic carbocycles. The first-order chi connectivity index (χ1) is 13.1. The molecule has 0 bridgehead atoms. The summed E-state index contributed by atoms with van der Waals surface area (Å²) in [6.45, 7) is 7.00. The smallest absolute Gasteiger partial charge is 0.408 e. The molecule has 0 radical (unpaired) electrons. The third-order valence-electron chi connectivity index (χ3n) is 3.57. The first-order valence-electron chi connectivity index (χ1n) is 8.60. The molecule has 0 saturated carbocycles. The predicted octanol–water partition coefficient (Wildman–Crippen LogP) is 4.54. The van der Waals surface area contributed by atoms with Gasteiger partial charge in [0.2, 0.25) is 11.4 Å². The minimum Gasteiger partial charge on any atom is -0.444 e. The number of hydrogen-bond donors (Lipinski definition) is 1. The molecule has 3 rings (SSSR count). The van der Waals surface area contributed by atoms with Crippen LogP contribution in [0.15, 0.2) is 45.9 Å². The topological polar surface area (TPSA) is 81.1 Å². The zero-order valence-electron chi connectivity index (χ0n) is 15.9. The van der Waals surface area contributed by atoms with Gasteiger partial charge in [-0.15, -0.1) is 5.10 Å². The molecule has 2 heterocycles. The molecule has 1 unspecified atom stereocenters. The van der Waals surface area contributed by atoms with E-state index in [-0.39, 0.29) is 11.4 Å². The van der Waals surface area contributed by atoms with E-state index in [4.69, 9.17) is 20.8 Å². The molecule has 0 spiro atoms. The summed E-state index contributed by atoms with van der Waals surface area (Å²) in [6, 6.07) is 6.79. The number of halogens is 2. The van der Waals surface area contributed by atoms with Crippen molar-refractivity contribution in [2.45, 2.75) is 39.3 Å². The maximum Gasteiger partial charge on any atom is 0.408 e. The second-order valence-corrected chi connectivity index (χ2v) is 7.57. The average Bonchev–Trinajstić information content (AvgIpc) is 2.94. The number of hydrogen-bond acceptors (Lipinski definition) is 5. The van der Waals surface area contributed by atoms with Gasteiger partial charge in [0.05, 0.1) is 10.7 Å². The highest BCUT2D eigenvalue weighted by atomic mass is 35.5. The van der Waals surface area contributed by atoms with Gasteiger partial charge >= 0.3 is 6.09 Å². The third-order valence-corrected chi connectivity index (χ3v) is 3.88. The Morgan fingerprint density at radius 2 is 2.14 bits per heavy atom. The Morgan fingerprint density at radius 1 is 1.39 bits per heavy atom. The molecule has 148 valence electrons. The van der Waals surface area contributed by atoms with E-state index in [0.717, 1.165) is 0 Å². The van der Waals surface area contributed by atoms with Gasteiger partial charge in [0.15, 0.2) is 0 Å². The molecular weight excluding hydrogens is 387 g/mol. The van der Waals surface area contributed by atoms with E-state index in [2.05, 4.69) is 15.4 Å². The average molecular weight is 407 g/mol. The molecule has 0 aliphatic heterocycles. The fourth-order valence-electron chi connectivity index (χ4n) is 2.42. The molecule has 0 fully saturated rings. The number of nitrogens with zero attached hydrogens (tertiary/aromatic N) is 3. The first-order valence-corrected chi connectivity index (χ1v) is 8.98. The van der Waals surface area contributed by atoms with Crippen molar-refractivity contribution >= 4 is 28.9 Å². The van der Waals surface area contributed by atoms with E-state index in [9.17, 15) is 9.18 Å². The van der Waals surface area contributed by atoms with Crippen LogP contribution >= 0.6 is 11.6 Å². The van der Waals surface area contributed by atoms with Gasteiger partial charge in [0.25, 0.3) is 0 Å². The van der Waals surface area contributed by atoms with Crippen LogP contribution in [-0.4, -0.2) is 21.3 Å². The third kappa shape index (κ3) is 4.69. The molecule has 0 aliphatic rings. The highest BCUT2D eigenvalue weighted by molar-refractivity contribution is 6.33. The Hall–Kier alpha value is -2.87. The maximum atomic E-state index is 13.5. The number of nitrogens with one attached hydrogen (secondary N) is 1. The predicted molar refractivity (Wildman–Crippen MR) is 102 cm³/mol. The minimum absolute atomic E-state index is 0.142. The van der Waals surface area contributed by atoms with Gasteiger partial charge in [-0.25, -0.2) is 18.7 Å². The van der Waals surface area contributed by atoms with Crippen molar-refractivity contribution in [1.82, 2.24) is 14.9 Å². The molecule has 9 heteroatoms. The number of carbonyl (C=O) groups is 1. The van der Waals surface area contributed by atoms with Crippen LogP contribution in [0.1, 0.15) is 39.6 Å². The number of amides is 1. The summed E-state index contributed by atoms with van der Waals surface area (Å²) >= 11 is 6.22.